The molecule has 1 spiro atoms. The average molecular weight is 492 g/mol. The summed E-state index contributed by atoms with van der Waals surface area (Å²) in [5.74, 6) is -0.643. The number of ether oxygens (including phenoxy) is 3. The number of rotatable bonds is 7. The van der Waals surface area contributed by atoms with Gasteiger partial charge in [-0.1, -0.05) is 25.5 Å². The quantitative estimate of drug-likeness (QED) is 0.318. The lowest BCUT2D eigenvalue weighted by atomic mass is 9.58. The zero-order valence-electron chi connectivity index (χ0n) is 21.4. The zero-order valence-corrected chi connectivity index (χ0v) is 21.4. The Hall–Kier alpha value is -1.48. The third kappa shape index (κ3) is 4.91. The summed E-state index contributed by atoms with van der Waals surface area (Å²) in [6.07, 6.45) is 10.4. The molecule has 5 fully saturated rings. The van der Waals surface area contributed by atoms with E-state index >= 15 is 0 Å². The van der Waals surface area contributed by atoms with Gasteiger partial charge < -0.3 is 19.5 Å². The van der Waals surface area contributed by atoms with Crippen LogP contribution in [-0.2, 0) is 33.6 Å². The Labute approximate surface area is 208 Å². The average Bonchev–Trinajstić information content (AvgIpc) is 3.07. The van der Waals surface area contributed by atoms with E-state index in [-0.39, 0.29) is 36.5 Å². The highest BCUT2D eigenvalue weighted by molar-refractivity contribution is 5.81. The summed E-state index contributed by atoms with van der Waals surface area (Å²) in [7, 11) is 0. The molecular formula is C27H41NO7. The van der Waals surface area contributed by atoms with E-state index in [0.717, 1.165) is 44.9 Å². The van der Waals surface area contributed by atoms with Crippen LogP contribution < -0.4 is 5.32 Å². The Kier molecular flexibility index (Phi) is 7.28. The number of amides is 1. The van der Waals surface area contributed by atoms with Gasteiger partial charge in [0.15, 0.2) is 11.9 Å². The lowest BCUT2D eigenvalue weighted by Crippen LogP contribution is -2.70. The monoisotopic (exact) mass is 491 g/mol. The van der Waals surface area contributed by atoms with E-state index in [9.17, 15) is 9.59 Å². The molecule has 4 heterocycles. The van der Waals surface area contributed by atoms with Crippen molar-refractivity contribution < 1.29 is 33.6 Å². The van der Waals surface area contributed by atoms with E-state index in [1.807, 2.05) is 6.92 Å². The van der Waals surface area contributed by atoms with Crippen molar-refractivity contribution in [2.75, 3.05) is 6.54 Å². The summed E-state index contributed by atoms with van der Waals surface area (Å²) in [5, 5.41) is 2.93. The maximum absolute atomic E-state index is 12.7. The molecular weight excluding hydrogens is 450 g/mol. The molecule has 0 aromatic carbocycles. The first-order valence-electron chi connectivity index (χ1n) is 13.6. The third-order valence-electron chi connectivity index (χ3n) is 9.05. The first-order chi connectivity index (χ1) is 16.8. The third-order valence-corrected chi connectivity index (χ3v) is 9.05. The normalized spacial score (nSPS) is 42.4. The fraction of sp³-hybridized carbons (Fsp3) is 0.852. The van der Waals surface area contributed by atoms with Gasteiger partial charge in [-0.15, -0.1) is 0 Å². The Balaban J connectivity index is 1.15. The van der Waals surface area contributed by atoms with Gasteiger partial charge in [-0.25, -0.2) is 9.78 Å². The molecule has 0 radical (unpaired) electrons. The predicted molar refractivity (Wildman–Crippen MR) is 126 cm³/mol. The van der Waals surface area contributed by atoms with Crippen molar-refractivity contribution >= 4 is 11.9 Å². The van der Waals surface area contributed by atoms with Gasteiger partial charge in [-0.3, -0.25) is 9.59 Å². The van der Waals surface area contributed by atoms with Crippen LogP contribution in [0.25, 0.3) is 0 Å². The molecule has 4 saturated heterocycles. The Morgan fingerprint density at radius 3 is 2.77 bits per heavy atom. The van der Waals surface area contributed by atoms with Crippen LogP contribution >= 0.6 is 0 Å². The standard InChI is InChI=1S/C27H41NO7/c1-17-9-10-21-18(2)24(32-25-27(21)20(17)13-15-26(3,33-25)34-35-27)31-23(30)12-11-22(29)28-16-14-19-7-5-4-6-8-19/h7,17-18,20-21,24-25H,4-6,8-16H2,1-3H3,(H,28,29)/t17-,18-,20+,21+,24-,25-,26+,27-/m1/s1. The van der Waals surface area contributed by atoms with Crippen LogP contribution in [0.4, 0.5) is 0 Å². The highest BCUT2D eigenvalue weighted by atomic mass is 17.3. The van der Waals surface area contributed by atoms with Gasteiger partial charge in [0, 0.05) is 31.2 Å². The molecule has 196 valence electrons. The SMILES string of the molecule is C[C@H]1[C@H](OC(=O)CCC(=O)NCCC2=CCCCC2)O[C@@H]2O[C@]3(C)CC[C@H]4[C@H](C)CC[C@@H]1[C@@]24OO3. The minimum absolute atomic E-state index is 0.0272. The molecule has 0 unspecified atom stereocenters. The van der Waals surface area contributed by atoms with Crippen LogP contribution in [0, 0.1) is 23.7 Å². The summed E-state index contributed by atoms with van der Waals surface area (Å²) in [5.41, 5.74) is 0.748. The molecule has 35 heavy (non-hydrogen) atoms. The van der Waals surface area contributed by atoms with Crippen LogP contribution in [0.2, 0.25) is 0 Å². The maximum atomic E-state index is 12.7. The fourth-order valence-electron chi connectivity index (χ4n) is 6.99. The number of hydrogen-bond donors (Lipinski definition) is 1. The number of allylic oxidation sites excluding steroid dienone is 1. The highest BCUT2D eigenvalue weighted by Gasteiger charge is 2.69. The Morgan fingerprint density at radius 1 is 1.11 bits per heavy atom. The minimum atomic E-state index is -0.863. The molecule has 6 rings (SSSR count). The van der Waals surface area contributed by atoms with E-state index in [0.29, 0.717) is 12.5 Å². The van der Waals surface area contributed by atoms with Crippen LogP contribution in [0.3, 0.4) is 0 Å². The number of fused-ring (bicyclic) bond motifs is 2. The Bertz CT molecular complexity index is 845. The lowest BCUT2D eigenvalue weighted by molar-refractivity contribution is -0.576. The molecule has 2 bridgehead atoms. The van der Waals surface area contributed by atoms with Gasteiger partial charge in [0.05, 0.1) is 6.42 Å². The van der Waals surface area contributed by atoms with Crippen molar-refractivity contribution in [2.24, 2.45) is 23.7 Å². The molecule has 0 aromatic heterocycles. The second kappa shape index (κ2) is 10.1. The molecule has 8 atom stereocenters. The second-order valence-electron chi connectivity index (χ2n) is 11.5. The number of carbonyl (C=O) groups is 2. The first kappa shape index (κ1) is 25.2. The summed E-state index contributed by atoms with van der Waals surface area (Å²) >= 11 is 0. The van der Waals surface area contributed by atoms with Gasteiger partial charge in [-0.05, 0) is 70.1 Å². The number of nitrogens with one attached hydrogen (secondary N) is 1. The first-order valence-corrected chi connectivity index (χ1v) is 13.6. The molecule has 1 amide bonds. The topological polar surface area (TPSA) is 92.3 Å². The van der Waals surface area contributed by atoms with Crippen molar-refractivity contribution in [1.29, 1.82) is 0 Å². The van der Waals surface area contributed by atoms with Crippen molar-refractivity contribution in [3.8, 4) is 0 Å². The predicted octanol–water partition coefficient (Wildman–Crippen LogP) is 4.52. The van der Waals surface area contributed by atoms with E-state index in [4.69, 9.17) is 24.0 Å². The summed E-state index contributed by atoms with van der Waals surface area (Å²) in [6.45, 7) is 6.81. The van der Waals surface area contributed by atoms with E-state index < -0.39 is 29.9 Å². The van der Waals surface area contributed by atoms with E-state index in [2.05, 4.69) is 25.2 Å². The highest BCUT2D eigenvalue weighted by Crippen LogP contribution is 2.60. The van der Waals surface area contributed by atoms with Crippen LogP contribution in [-0.4, -0.2) is 42.4 Å². The van der Waals surface area contributed by atoms with Crippen LogP contribution in [0.1, 0.15) is 91.4 Å². The number of carbonyl (C=O) groups excluding carboxylic acids is 2. The van der Waals surface area contributed by atoms with Crippen molar-refractivity contribution in [1.82, 2.24) is 5.32 Å². The molecule has 0 aromatic rings. The molecule has 6 aliphatic rings. The minimum Gasteiger partial charge on any atom is -0.435 e. The van der Waals surface area contributed by atoms with Crippen LogP contribution in [0.15, 0.2) is 11.6 Å². The largest absolute Gasteiger partial charge is 0.435 e. The van der Waals surface area contributed by atoms with Crippen molar-refractivity contribution in [3.05, 3.63) is 11.6 Å². The zero-order chi connectivity index (χ0) is 24.6. The van der Waals surface area contributed by atoms with Gasteiger partial charge in [0.2, 0.25) is 18.0 Å². The molecule has 1 saturated carbocycles. The fourth-order valence-corrected chi connectivity index (χ4v) is 6.99. The second-order valence-corrected chi connectivity index (χ2v) is 11.5. The number of esters is 1. The van der Waals surface area contributed by atoms with E-state index in [1.54, 1.807) is 0 Å². The van der Waals surface area contributed by atoms with Crippen molar-refractivity contribution in [2.45, 2.75) is 115 Å². The van der Waals surface area contributed by atoms with Gasteiger partial charge >= 0.3 is 5.97 Å². The molecule has 8 nitrogen and oxygen atoms in total. The molecule has 8 heteroatoms. The molecule has 1 N–H and O–H groups in total. The Morgan fingerprint density at radius 2 is 1.97 bits per heavy atom. The van der Waals surface area contributed by atoms with Crippen LogP contribution in [0.5, 0.6) is 0 Å². The smallest absolute Gasteiger partial charge is 0.308 e. The lowest BCUT2D eigenvalue weighted by Gasteiger charge is -2.59. The van der Waals surface area contributed by atoms with Gasteiger partial charge in [0.1, 0.15) is 0 Å². The summed E-state index contributed by atoms with van der Waals surface area (Å²) < 4.78 is 18.4. The molecule has 4 aliphatic heterocycles. The number of hydrogen-bond acceptors (Lipinski definition) is 7. The summed E-state index contributed by atoms with van der Waals surface area (Å²) in [6, 6.07) is 0. The van der Waals surface area contributed by atoms with Crippen molar-refractivity contribution in [3.63, 3.8) is 0 Å². The van der Waals surface area contributed by atoms with E-state index in [1.165, 1.54) is 18.4 Å². The summed E-state index contributed by atoms with van der Waals surface area (Å²) in [4.78, 5) is 36.9. The van der Waals surface area contributed by atoms with Gasteiger partial charge in [-0.2, -0.15) is 0 Å². The maximum Gasteiger partial charge on any atom is 0.308 e. The van der Waals surface area contributed by atoms with Gasteiger partial charge in [0.25, 0.3) is 0 Å². The molecule has 2 aliphatic carbocycles.